The molecule has 0 spiro atoms. The van der Waals surface area contributed by atoms with Gasteiger partial charge in [0.1, 0.15) is 0 Å². The van der Waals surface area contributed by atoms with Crippen LogP contribution in [-0.4, -0.2) is 63.2 Å². The van der Waals surface area contributed by atoms with Gasteiger partial charge in [0.25, 0.3) is 0 Å². The summed E-state index contributed by atoms with van der Waals surface area (Å²) in [5, 5.41) is 0. The number of nitrogens with zero attached hydrogens (tertiary/aromatic N) is 3. The summed E-state index contributed by atoms with van der Waals surface area (Å²) >= 11 is 0. The second-order valence-corrected chi connectivity index (χ2v) is 5.10. The van der Waals surface area contributed by atoms with Crippen LogP contribution in [0.15, 0.2) is 4.99 Å². The van der Waals surface area contributed by atoms with Crippen molar-refractivity contribution in [1.29, 1.82) is 0 Å². The predicted octanol–water partition coefficient (Wildman–Crippen LogP) is 1.81. The minimum atomic E-state index is 0.487. The van der Waals surface area contributed by atoms with Crippen molar-refractivity contribution in [3.8, 4) is 0 Å². The molecule has 0 N–H and O–H groups in total. The third-order valence-corrected chi connectivity index (χ3v) is 3.05. The third kappa shape index (κ3) is 5.39. The first-order valence-corrected chi connectivity index (χ1v) is 6.62. The summed E-state index contributed by atoms with van der Waals surface area (Å²) in [6, 6.07) is 0. The van der Waals surface area contributed by atoms with Crippen molar-refractivity contribution in [3.05, 3.63) is 0 Å². The van der Waals surface area contributed by atoms with E-state index in [1.807, 2.05) is 38.0 Å². The molecule has 4 heteroatoms. The summed E-state index contributed by atoms with van der Waals surface area (Å²) in [5.41, 5.74) is 0. The lowest BCUT2D eigenvalue weighted by atomic mass is 9.98. The summed E-state index contributed by atoms with van der Waals surface area (Å²) in [5.74, 6) is 0.997. The average molecular weight is 241 g/mol. The quantitative estimate of drug-likeness (QED) is 0.427. The Kier molecular flexibility index (Phi) is 6.34. The molecule has 1 rings (SSSR count). The molecular formula is C13H27N3O. The monoisotopic (exact) mass is 241 g/mol. The third-order valence-electron chi connectivity index (χ3n) is 3.05. The van der Waals surface area contributed by atoms with Gasteiger partial charge in [-0.3, -0.25) is 4.99 Å². The van der Waals surface area contributed by atoms with E-state index >= 15 is 0 Å². The zero-order valence-corrected chi connectivity index (χ0v) is 11.8. The van der Waals surface area contributed by atoms with Crippen LogP contribution in [0.4, 0.5) is 0 Å². The van der Waals surface area contributed by atoms with Crippen molar-refractivity contribution in [3.63, 3.8) is 0 Å². The van der Waals surface area contributed by atoms with Gasteiger partial charge in [0.2, 0.25) is 0 Å². The smallest absolute Gasteiger partial charge is 0.195 e. The van der Waals surface area contributed by atoms with Gasteiger partial charge in [-0.15, -0.1) is 0 Å². The van der Waals surface area contributed by atoms with Crippen molar-refractivity contribution in [1.82, 2.24) is 9.80 Å². The van der Waals surface area contributed by atoms with Crippen LogP contribution in [0, 0.1) is 0 Å². The highest BCUT2D eigenvalue weighted by molar-refractivity contribution is 5.79. The Hall–Kier alpha value is -0.770. The van der Waals surface area contributed by atoms with Crippen molar-refractivity contribution < 1.29 is 4.74 Å². The van der Waals surface area contributed by atoms with E-state index in [1.54, 1.807) is 0 Å². The highest BCUT2D eigenvalue weighted by atomic mass is 16.5. The molecule has 0 aromatic rings. The van der Waals surface area contributed by atoms with Gasteiger partial charge >= 0.3 is 0 Å². The lowest BCUT2D eigenvalue weighted by molar-refractivity contribution is 0.0333. The minimum Gasteiger partial charge on any atom is -0.376 e. The van der Waals surface area contributed by atoms with Crippen molar-refractivity contribution in [2.45, 2.75) is 38.2 Å². The molecule has 0 heterocycles. The van der Waals surface area contributed by atoms with Crippen LogP contribution in [0.1, 0.15) is 32.1 Å². The van der Waals surface area contributed by atoms with E-state index in [9.17, 15) is 0 Å². The Bertz CT molecular complexity index is 223. The van der Waals surface area contributed by atoms with Gasteiger partial charge < -0.3 is 14.5 Å². The molecule has 1 fully saturated rings. The van der Waals surface area contributed by atoms with Gasteiger partial charge in [-0.25, -0.2) is 0 Å². The maximum absolute atomic E-state index is 5.85. The van der Waals surface area contributed by atoms with E-state index in [4.69, 9.17) is 4.74 Å². The molecule has 0 aliphatic heterocycles. The molecular weight excluding hydrogens is 214 g/mol. The molecule has 0 bridgehead atoms. The van der Waals surface area contributed by atoms with Crippen LogP contribution in [0.2, 0.25) is 0 Å². The van der Waals surface area contributed by atoms with Crippen LogP contribution < -0.4 is 0 Å². The predicted molar refractivity (Wildman–Crippen MR) is 72.5 cm³/mol. The molecule has 1 aliphatic rings. The number of ether oxygens (including phenoxy) is 1. The van der Waals surface area contributed by atoms with Gasteiger partial charge in [0.05, 0.1) is 19.3 Å². The highest BCUT2D eigenvalue weighted by Crippen LogP contribution is 2.19. The standard InChI is InChI=1S/C13H27N3O/c1-15(2)13(16(3)4)14-10-11-17-12-8-6-5-7-9-12/h12H,5-11H2,1-4H3. The summed E-state index contributed by atoms with van der Waals surface area (Å²) in [7, 11) is 8.06. The molecule has 0 amide bonds. The Balaban J connectivity index is 2.22. The number of hydrogen-bond acceptors (Lipinski definition) is 2. The Morgan fingerprint density at radius 2 is 1.65 bits per heavy atom. The fourth-order valence-corrected chi connectivity index (χ4v) is 2.28. The zero-order valence-electron chi connectivity index (χ0n) is 11.8. The van der Waals surface area contributed by atoms with E-state index < -0.39 is 0 Å². The second-order valence-electron chi connectivity index (χ2n) is 5.10. The molecule has 17 heavy (non-hydrogen) atoms. The lowest BCUT2D eigenvalue weighted by Gasteiger charge is -2.24. The zero-order chi connectivity index (χ0) is 12.7. The molecule has 0 atom stereocenters. The summed E-state index contributed by atoms with van der Waals surface area (Å²) in [6.07, 6.45) is 6.99. The fraction of sp³-hybridized carbons (Fsp3) is 0.923. The number of guanidine groups is 1. The molecule has 0 aromatic carbocycles. The van der Waals surface area contributed by atoms with Crippen LogP contribution in [-0.2, 0) is 4.74 Å². The van der Waals surface area contributed by atoms with E-state index in [-0.39, 0.29) is 0 Å². The first kappa shape index (κ1) is 14.3. The van der Waals surface area contributed by atoms with Crippen molar-refractivity contribution in [2.24, 2.45) is 4.99 Å². The normalized spacial score (nSPS) is 16.7. The van der Waals surface area contributed by atoms with Crippen molar-refractivity contribution in [2.75, 3.05) is 41.3 Å². The van der Waals surface area contributed by atoms with Crippen LogP contribution in [0.25, 0.3) is 0 Å². The molecule has 0 unspecified atom stereocenters. The van der Waals surface area contributed by atoms with E-state index in [0.29, 0.717) is 6.10 Å². The molecule has 0 radical (unpaired) electrons. The van der Waals surface area contributed by atoms with E-state index in [1.165, 1.54) is 32.1 Å². The average Bonchev–Trinajstić information content (AvgIpc) is 2.29. The van der Waals surface area contributed by atoms with E-state index in [2.05, 4.69) is 4.99 Å². The first-order valence-electron chi connectivity index (χ1n) is 6.62. The molecule has 0 saturated heterocycles. The van der Waals surface area contributed by atoms with Gasteiger partial charge in [0.15, 0.2) is 5.96 Å². The van der Waals surface area contributed by atoms with Crippen LogP contribution in [0.5, 0.6) is 0 Å². The van der Waals surface area contributed by atoms with Gasteiger partial charge in [-0.1, -0.05) is 19.3 Å². The first-order chi connectivity index (χ1) is 8.11. The molecule has 0 aromatic heterocycles. The Labute approximate surface area is 106 Å². The van der Waals surface area contributed by atoms with Gasteiger partial charge in [-0.05, 0) is 12.8 Å². The van der Waals surface area contributed by atoms with Crippen molar-refractivity contribution >= 4 is 5.96 Å². The minimum absolute atomic E-state index is 0.487. The summed E-state index contributed by atoms with van der Waals surface area (Å²) in [6.45, 7) is 1.50. The maximum Gasteiger partial charge on any atom is 0.195 e. The SMILES string of the molecule is CN(C)C(=NCCOC1CCCCC1)N(C)C. The number of hydrogen-bond donors (Lipinski definition) is 0. The molecule has 100 valence electrons. The van der Waals surface area contributed by atoms with Gasteiger partial charge in [-0.2, -0.15) is 0 Å². The second kappa shape index (κ2) is 7.54. The summed E-state index contributed by atoms with van der Waals surface area (Å²) in [4.78, 5) is 8.61. The summed E-state index contributed by atoms with van der Waals surface area (Å²) < 4.78 is 5.85. The molecule has 1 aliphatic carbocycles. The Morgan fingerprint density at radius 3 is 2.18 bits per heavy atom. The number of rotatable bonds is 4. The van der Waals surface area contributed by atoms with E-state index in [0.717, 1.165) is 19.1 Å². The topological polar surface area (TPSA) is 28.1 Å². The van der Waals surface area contributed by atoms with Gasteiger partial charge in [0, 0.05) is 28.2 Å². The highest BCUT2D eigenvalue weighted by Gasteiger charge is 2.13. The van der Waals surface area contributed by atoms with Crippen LogP contribution >= 0.6 is 0 Å². The van der Waals surface area contributed by atoms with Crippen LogP contribution in [0.3, 0.4) is 0 Å². The maximum atomic E-state index is 5.85. The lowest BCUT2D eigenvalue weighted by Crippen LogP contribution is -2.35. The molecule has 1 saturated carbocycles. The number of aliphatic imine (C=N–C) groups is 1. The Morgan fingerprint density at radius 1 is 1.06 bits per heavy atom. The largest absolute Gasteiger partial charge is 0.376 e. The fourth-order valence-electron chi connectivity index (χ4n) is 2.28. The molecule has 4 nitrogen and oxygen atoms in total.